The lowest BCUT2D eigenvalue weighted by atomic mass is 10.1. The van der Waals surface area contributed by atoms with Gasteiger partial charge in [-0.05, 0) is 24.3 Å². The van der Waals surface area contributed by atoms with Gasteiger partial charge in [0.25, 0.3) is 0 Å². The smallest absolute Gasteiger partial charge is 0.416 e. The highest BCUT2D eigenvalue weighted by molar-refractivity contribution is 5.86. The Labute approximate surface area is 110 Å². The van der Waals surface area contributed by atoms with E-state index in [1.807, 2.05) is 0 Å². The lowest BCUT2D eigenvalue weighted by Crippen LogP contribution is -2.06. The largest absolute Gasteiger partial charge is 0.476 e. The zero-order valence-electron chi connectivity index (χ0n) is 9.78. The summed E-state index contributed by atoms with van der Waals surface area (Å²) in [6.07, 6.45) is -4.52. The van der Waals surface area contributed by atoms with Gasteiger partial charge in [0, 0.05) is 5.56 Å². The van der Waals surface area contributed by atoms with Crippen LogP contribution in [0.25, 0.3) is 11.3 Å². The highest BCUT2D eigenvalue weighted by atomic mass is 19.4. The molecule has 0 aliphatic carbocycles. The third-order valence-corrected chi connectivity index (χ3v) is 2.53. The van der Waals surface area contributed by atoms with Crippen LogP contribution in [-0.2, 0) is 6.18 Å². The lowest BCUT2D eigenvalue weighted by Gasteiger charge is -2.09. The molecule has 2 aromatic rings. The zero-order valence-corrected chi connectivity index (χ0v) is 9.78. The number of hydrogen-bond donors (Lipinski definition) is 1. The van der Waals surface area contributed by atoms with Crippen molar-refractivity contribution in [3.8, 4) is 11.3 Å². The van der Waals surface area contributed by atoms with Crippen LogP contribution in [-0.4, -0.2) is 16.1 Å². The van der Waals surface area contributed by atoms with Crippen molar-refractivity contribution >= 4 is 5.97 Å². The van der Waals surface area contributed by atoms with Gasteiger partial charge in [0.2, 0.25) is 0 Å². The van der Waals surface area contributed by atoms with E-state index < -0.39 is 29.2 Å². The van der Waals surface area contributed by atoms with E-state index in [1.165, 1.54) is 12.1 Å². The Morgan fingerprint density at radius 3 is 2.45 bits per heavy atom. The quantitative estimate of drug-likeness (QED) is 0.858. The van der Waals surface area contributed by atoms with Crippen LogP contribution in [0.2, 0.25) is 0 Å². The number of pyridine rings is 1. The van der Waals surface area contributed by atoms with Crippen LogP contribution in [0.4, 0.5) is 17.6 Å². The topological polar surface area (TPSA) is 50.2 Å². The van der Waals surface area contributed by atoms with E-state index in [2.05, 4.69) is 4.98 Å². The number of hydrogen-bond acceptors (Lipinski definition) is 2. The average Bonchev–Trinajstić information content (AvgIpc) is 2.38. The van der Waals surface area contributed by atoms with Gasteiger partial charge in [0.15, 0.2) is 11.5 Å². The molecular formula is C13H7F4NO2. The molecule has 0 amide bonds. The summed E-state index contributed by atoms with van der Waals surface area (Å²) < 4.78 is 50.9. The summed E-state index contributed by atoms with van der Waals surface area (Å²) >= 11 is 0. The van der Waals surface area contributed by atoms with Crippen molar-refractivity contribution in [3.05, 3.63) is 53.5 Å². The van der Waals surface area contributed by atoms with Crippen molar-refractivity contribution in [3.63, 3.8) is 0 Å². The fraction of sp³-hybridized carbons (Fsp3) is 0.0769. The summed E-state index contributed by atoms with van der Waals surface area (Å²) in [5, 5.41) is 8.74. The maximum absolute atomic E-state index is 13.2. The Balaban J connectivity index is 2.52. The minimum atomic E-state index is -4.52. The van der Waals surface area contributed by atoms with E-state index in [0.29, 0.717) is 0 Å². The third-order valence-electron chi connectivity index (χ3n) is 2.53. The van der Waals surface area contributed by atoms with Gasteiger partial charge >= 0.3 is 12.1 Å². The van der Waals surface area contributed by atoms with Crippen LogP contribution in [0.15, 0.2) is 36.4 Å². The first-order valence-corrected chi connectivity index (χ1v) is 5.36. The van der Waals surface area contributed by atoms with E-state index in [9.17, 15) is 22.4 Å². The predicted molar refractivity (Wildman–Crippen MR) is 61.6 cm³/mol. The monoisotopic (exact) mass is 285 g/mol. The molecule has 0 radical (unpaired) electrons. The molecule has 0 bridgehead atoms. The molecule has 0 aliphatic heterocycles. The zero-order chi connectivity index (χ0) is 14.9. The van der Waals surface area contributed by atoms with Crippen LogP contribution in [0.5, 0.6) is 0 Å². The second kappa shape index (κ2) is 4.92. The van der Waals surface area contributed by atoms with E-state index in [0.717, 1.165) is 24.3 Å². The molecule has 0 atom stereocenters. The number of alkyl halides is 3. The molecule has 20 heavy (non-hydrogen) atoms. The number of halogens is 4. The standard InChI is InChI=1S/C13H7F4NO2/c14-9-4-5-10(18-11(9)12(19)20)7-2-1-3-8(6-7)13(15,16)17/h1-6H,(H,19,20). The second-order valence-electron chi connectivity index (χ2n) is 3.91. The van der Waals surface area contributed by atoms with Crippen molar-refractivity contribution in [2.24, 2.45) is 0 Å². The number of carboxylic acids is 1. The van der Waals surface area contributed by atoms with E-state index in [1.54, 1.807) is 0 Å². The van der Waals surface area contributed by atoms with Gasteiger partial charge in [-0.15, -0.1) is 0 Å². The van der Waals surface area contributed by atoms with Crippen LogP contribution >= 0.6 is 0 Å². The van der Waals surface area contributed by atoms with Crippen LogP contribution in [0.1, 0.15) is 16.1 Å². The van der Waals surface area contributed by atoms with Gasteiger partial charge in [-0.3, -0.25) is 0 Å². The van der Waals surface area contributed by atoms with Gasteiger partial charge in [0.1, 0.15) is 0 Å². The van der Waals surface area contributed by atoms with E-state index in [-0.39, 0.29) is 11.3 Å². The molecule has 0 fully saturated rings. The molecule has 7 heteroatoms. The molecular weight excluding hydrogens is 278 g/mol. The Morgan fingerprint density at radius 1 is 1.15 bits per heavy atom. The average molecular weight is 285 g/mol. The first-order chi connectivity index (χ1) is 9.29. The highest BCUT2D eigenvalue weighted by Gasteiger charge is 2.30. The van der Waals surface area contributed by atoms with Crippen molar-refractivity contribution < 1.29 is 27.5 Å². The van der Waals surface area contributed by atoms with Gasteiger partial charge in [-0.2, -0.15) is 13.2 Å². The molecule has 0 saturated heterocycles. The number of aromatic nitrogens is 1. The molecule has 2 rings (SSSR count). The first kappa shape index (κ1) is 14.0. The van der Waals surface area contributed by atoms with Crippen molar-refractivity contribution in [1.29, 1.82) is 0 Å². The number of carboxylic acid groups (broad SMARTS) is 1. The Kier molecular flexibility index (Phi) is 3.44. The fourth-order valence-corrected chi connectivity index (χ4v) is 1.61. The van der Waals surface area contributed by atoms with Gasteiger partial charge < -0.3 is 5.11 Å². The number of benzene rings is 1. The molecule has 0 unspecified atom stereocenters. The molecule has 104 valence electrons. The van der Waals surface area contributed by atoms with Crippen LogP contribution < -0.4 is 0 Å². The molecule has 0 spiro atoms. The maximum atomic E-state index is 13.2. The minimum Gasteiger partial charge on any atom is -0.476 e. The second-order valence-corrected chi connectivity index (χ2v) is 3.91. The molecule has 3 nitrogen and oxygen atoms in total. The van der Waals surface area contributed by atoms with Crippen molar-refractivity contribution in [2.45, 2.75) is 6.18 Å². The molecule has 0 saturated carbocycles. The Morgan fingerprint density at radius 2 is 1.85 bits per heavy atom. The molecule has 1 aromatic heterocycles. The van der Waals surface area contributed by atoms with E-state index in [4.69, 9.17) is 5.11 Å². The number of nitrogens with zero attached hydrogens (tertiary/aromatic N) is 1. The third kappa shape index (κ3) is 2.76. The summed E-state index contributed by atoms with van der Waals surface area (Å²) in [6, 6.07) is 6.19. The molecule has 0 aliphatic rings. The summed E-state index contributed by atoms with van der Waals surface area (Å²) in [7, 11) is 0. The van der Waals surface area contributed by atoms with Crippen LogP contribution in [0, 0.1) is 5.82 Å². The summed E-state index contributed by atoms with van der Waals surface area (Å²) in [6.45, 7) is 0. The highest BCUT2D eigenvalue weighted by Crippen LogP contribution is 2.31. The molecule has 1 heterocycles. The van der Waals surface area contributed by atoms with Gasteiger partial charge in [0.05, 0.1) is 11.3 Å². The Bertz CT molecular complexity index is 668. The van der Waals surface area contributed by atoms with Gasteiger partial charge in [-0.1, -0.05) is 12.1 Å². The SMILES string of the molecule is O=C(O)c1nc(-c2cccc(C(F)(F)F)c2)ccc1F. The summed E-state index contributed by atoms with van der Waals surface area (Å²) in [5.74, 6) is -2.63. The molecule has 1 N–H and O–H groups in total. The maximum Gasteiger partial charge on any atom is 0.416 e. The lowest BCUT2D eigenvalue weighted by molar-refractivity contribution is -0.137. The van der Waals surface area contributed by atoms with Crippen molar-refractivity contribution in [1.82, 2.24) is 4.98 Å². The summed E-state index contributed by atoms with van der Waals surface area (Å²) in [5.41, 5.74) is -1.71. The minimum absolute atomic E-state index is 0.0464. The number of rotatable bonds is 2. The van der Waals surface area contributed by atoms with E-state index >= 15 is 0 Å². The Hall–Kier alpha value is -2.44. The van der Waals surface area contributed by atoms with Gasteiger partial charge in [-0.25, -0.2) is 14.2 Å². The normalized spacial score (nSPS) is 11.4. The van der Waals surface area contributed by atoms with Crippen LogP contribution in [0.3, 0.4) is 0 Å². The fourth-order valence-electron chi connectivity index (χ4n) is 1.61. The molecule has 1 aromatic carbocycles. The summed E-state index contributed by atoms with van der Waals surface area (Å²) in [4.78, 5) is 14.3. The number of aromatic carboxylic acids is 1. The first-order valence-electron chi connectivity index (χ1n) is 5.36. The van der Waals surface area contributed by atoms with Crippen molar-refractivity contribution in [2.75, 3.05) is 0 Å². The number of carbonyl (C=O) groups is 1. The predicted octanol–water partition coefficient (Wildman–Crippen LogP) is 3.60.